The Labute approximate surface area is 188 Å². The van der Waals surface area contributed by atoms with Gasteiger partial charge in [0, 0.05) is 17.3 Å². The van der Waals surface area contributed by atoms with Crippen LogP contribution in [0.15, 0.2) is 60.0 Å². The van der Waals surface area contributed by atoms with Gasteiger partial charge < -0.3 is 5.32 Å². The second-order valence-corrected chi connectivity index (χ2v) is 10.6. The van der Waals surface area contributed by atoms with Gasteiger partial charge in [-0.3, -0.25) is 9.69 Å². The molecule has 1 amide bonds. The maximum Gasteiger partial charge on any atom is 0.223 e. The summed E-state index contributed by atoms with van der Waals surface area (Å²) in [6.45, 7) is 3.91. The van der Waals surface area contributed by atoms with Crippen LogP contribution in [0.3, 0.4) is 0 Å². The summed E-state index contributed by atoms with van der Waals surface area (Å²) in [6, 6.07) is 19.9. The number of carbonyl (C=O) groups is 1. The van der Waals surface area contributed by atoms with Crippen LogP contribution in [0.2, 0.25) is 0 Å². The third-order valence-electron chi connectivity index (χ3n) is 7.64. The zero-order valence-corrected chi connectivity index (χ0v) is 18.6. The Morgan fingerprint density at radius 1 is 1.03 bits per heavy atom. The molecule has 0 unspecified atom stereocenters. The zero-order chi connectivity index (χ0) is 20.8. The van der Waals surface area contributed by atoms with E-state index in [1.54, 1.807) is 11.3 Å². The monoisotopic (exact) mass is 428 g/mol. The molecule has 6 rings (SSSR count). The molecule has 2 fully saturated rings. The molecule has 1 aromatic heterocycles. The van der Waals surface area contributed by atoms with Gasteiger partial charge in [-0.15, -0.1) is 11.3 Å². The van der Waals surface area contributed by atoms with Crippen LogP contribution in [0.25, 0.3) is 11.1 Å². The molecule has 1 saturated heterocycles. The molecule has 2 heterocycles. The number of fused-ring (bicyclic) bond motifs is 3. The molecule has 1 saturated carbocycles. The van der Waals surface area contributed by atoms with E-state index in [1.165, 1.54) is 32.7 Å². The number of thiophene rings is 1. The molecule has 1 aliphatic heterocycles. The van der Waals surface area contributed by atoms with Crippen LogP contribution in [0.4, 0.5) is 0 Å². The Kier molecular flexibility index (Phi) is 4.73. The quantitative estimate of drug-likeness (QED) is 0.472. The van der Waals surface area contributed by atoms with Crippen molar-refractivity contribution in [2.24, 2.45) is 11.3 Å². The number of piperidine rings is 1. The lowest BCUT2D eigenvalue weighted by molar-refractivity contribution is -0.123. The number of nitrogens with zero attached hydrogens (tertiary/aromatic N) is 1. The average Bonchev–Trinajstić information content (AvgIpc) is 3.13. The number of hydrogen-bond donors (Lipinski definition) is 1. The van der Waals surface area contributed by atoms with Crippen molar-refractivity contribution in [2.45, 2.75) is 38.8 Å². The minimum Gasteiger partial charge on any atom is -0.351 e. The first kappa shape index (κ1) is 19.3. The van der Waals surface area contributed by atoms with Crippen LogP contribution >= 0.6 is 11.3 Å². The smallest absolute Gasteiger partial charge is 0.223 e. The fraction of sp³-hybridized carbons (Fsp3) is 0.370. The van der Waals surface area contributed by atoms with E-state index in [0.29, 0.717) is 6.54 Å². The summed E-state index contributed by atoms with van der Waals surface area (Å²) in [5.41, 5.74) is 7.43. The van der Waals surface area contributed by atoms with Gasteiger partial charge in [-0.1, -0.05) is 48.5 Å². The minimum absolute atomic E-state index is 0.230. The zero-order valence-electron chi connectivity index (χ0n) is 17.8. The summed E-state index contributed by atoms with van der Waals surface area (Å²) >= 11 is 1.71. The molecule has 3 aromatic rings. The molecule has 1 N–H and O–H groups in total. The lowest BCUT2D eigenvalue weighted by Crippen LogP contribution is -2.36. The topological polar surface area (TPSA) is 32.3 Å². The van der Waals surface area contributed by atoms with E-state index in [9.17, 15) is 4.79 Å². The predicted octanol–water partition coefficient (Wildman–Crippen LogP) is 5.24. The van der Waals surface area contributed by atoms with Crippen molar-refractivity contribution < 1.29 is 4.79 Å². The highest BCUT2D eigenvalue weighted by molar-refractivity contribution is 7.09. The molecular weight excluding hydrogens is 400 g/mol. The fourth-order valence-corrected chi connectivity index (χ4v) is 6.34. The summed E-state index contributed by atoms with van der Waals surface area (Å²) in [5, 5.41) is 5.22. The van der Waals surface area contributed by atoms with Gasteiger partial charge in [-0.2, -0.15) is 0 Å². The summed E-state index contributed by atoms with van der Waals surface area (Å²) < 4.78 is 0. The molecule has 158 valence electrons. The molecule has 3 aliphatic rings. The number of carbonyl (C=O) groups excluding carboxylic acids is 1. The van der Waals surface area contributed by atoms with Crippen LogP contribution in [-0.4, -0.2) is 23.9 Å². The van der Waals surface area contributed by atoms with Gasteiger partial charge in [0.1, 0.15) is 0 Å². The summed E-state index contributed by atoms with van der Waals surface area (Å²) in [6.07, 6.45) is 4.44. The molecule has 0 radical (unpaired) electrons. The SMILES string of the molecule is O=C(NCc1cccs1)[C@@H]1CC12CCN(Cc1ccc3c(c1)Cc1ccccc1-3)CC2. The predicted molar refractivity (Wildman–Crippen MR) is 126 cm³/mol. The Bertz CT molecular complexity index is 1110. The Balaban J connectivity index is 1.03. The van der Waals surface area contributed by atoms with Crippen LogP contribution in [0.1, 0.15) is 40.8 Å². The molecule has 2 aromatic carbocycles. The first-order valence-electron chi connectivity index (χ1n) is 11.4. The van der Waals surface area contributed by atoms with Crippen LogP contribution in [0.5, 0.6) is 0 Å². The highest BCUT2D eigenvalue weighted by Gasteiger charge is 2.58. The van der Waals surface area contributed by atoms with Gasteiger partial charge >= 0.3 is 0 Å². The first-order chi connectivity index (χ1) is 15.2. The minimum atomic E-state index is 0.230. The van der Waals surface area contributed by atoms with E-state index in [2.05, 4.69) is 64.1 Å². The fourth-order valence-electron chi connectivity index (χ4n) is 5.69. The first-order valence-corrected chi connectivity index (χ1v) is 12.3. The van der Waals surface area contributed by atoms with E-state index >= 15 is 0 Å². The molecule has 3 nitrogen and oxygen atoms in total. The van der Waals surface area contributed by atoms with E-state index in [0.717, 1.165) is 45.3 Å². The van der Waals surface area contributed by atoms with Crippen molar-refractivity contribution in [3.8, 4) is 11.1 Å². The number of hydrogen-bond acceptors (Lipinski definition) is 3. The molecule has 1 atom stereocenters. The molecule has 4 heteroatoms. The number of benzene rings is 2. The van der Waals surface area contributed by atoms with Gasteiger partial charge in [0.05, 0.1) is 6.54 Å². The summed E-state index contributed by atoms with van der Waals surface area (Å²) in [7, 11) is 0. The third kappa shape index (κ3) is 3.62. The number of likely N-dealkylation sites (tertiary alicyclic amines) is 1. The van der Waals surface area contributed by atoms with Gasteiger partial charge in [-0.25, -0.2) is 0 Å². The second-order valence-electron chi connectivity index (χ2n) is 9.52. The molecule has 31 heavy (non-hydrogen) atoms. The highest BCUT2D eigenvalue weighted by atomic mass is 32.1. The van der Waals surface area contributed by atoms with Crippen molar-refractivity contribution >= 4 is 17.2 Å². The van der Waals surface area contributed by atoms with Crippen LogP contribution in [0, 0.1) is 11.3 Å². The Hall–Kier alpha value is -2.43. The Morgan fingerprint density at radius 2 is 1.87 bits per heavy atom. The summed E-state index contributed by atoms with van der Waals surface area (Å²) in [5.74, 6) is 0.494. The van der Waals surface area contributed by atoms with Crippen molar-refractivity contribution in [3.63, 3.8) is 0 Å². The summed E-state index contributed by atoms with van der Waals surface area (Å²) in [4.78, 5) is 16.4. The number of rotatable bonds is 5. The van der Waals surface area contributed by atoms with E-state index in [1.807, 2.05) is 6.07 Å². The van der Waals surface area contributed by atoms with E-state index in [4.69, 9.17) is 0 Å². The molecular formula is C27H28N2OS. The van der Waals surface area contributed by atoms with Gasteiger partial charge in [0.15, 0.2) is 0 Å². The third-order valence-corrected chi connectivity index (χ3v) is 8.52. The van der Waals surface area contributed by atoms with Crippen LogP contribution in [-0.2, 0) is 24.3 Å². The molecule has 0 bridgehead atoms. The van der Waals surface area contributed by atoms with Gasteiger partial charge in [-0.05, 0) is 83.5 Å². The van der Waals surface area contributed by atoms with E-state index < -0.39 is 0 Å². The van der Waals surface area contributed by atoms with Crippen molar-refractivity contribution in [3.05, 3.63) is 81.5 Å². The average molecular weight is 429 g/mol. The van der Waals surface area contributed by atoms with Crippen molar-refractivity contribution in [1.82, 2.24) is 10.2 Å². The van der Waals surface area contributed by atoms with Gasteiger partial charge in [0.2, 0.25) is 5.91 Å². The van der Waals surface area contributed by atoms with Crippen molar-refractivity contribution in [1.29, 1.82) is 0 Å². The lowest BCUT2D eigenvalue weighted by Gasteiger charge is -2.33. The van der Waals surface area contributed by atoms with Crippen LogP contribution < -0.4 is 5.32 Å². The standard InChI is InChI=1S/C27H28N2OS/c30-26(28-17-22-5-3-13-31-22)25-16-27(25)9-11-29(12-10-27)18-19-7-8-24-21(14-19)15-20-4-1-2-6-23(20)24/h1-8,13-14,25H,9-12,15-18H2,(H,28,30)/t25-/m0/s1. The number of nitrogens with one attached hydrogen (secondary N) is 1. The number of amides is 1. The maximum absolute atomic E-state index is 12.6. The lowest BCUT2D eigenvalue weighted by atomic mass is 9.90. The van der Waals surface area contributed by atoms with Crippen molar-refractivity contribution in [2.75, 3.05) is 13.1 Å². The molecule has 1 spiro atoms. The highest BCUT2D eigenvalue weighted by Crippen LogP contribution is 2.59. The largest absolute Gasteiger partial charge is 0.351 e. The van der Waals surface area contributed by atoms with Gasteiger partial charge in [0.25, 0.3) is 0 Å². The normalized spacial score (nSPS) is 21.0. The Morgan fingerprint density at radius 3 is 2.71 bits per heavy atom. The maximum atomic E-state index is 12.6. The molecule has 2 aliphatic carbocycles. The van der Waals surface area contributed by atoms with E-state index in [-0.39, 0.29) is 17.2 Å². The second kappa shape index (κ2) is 7.61.